The maximum absolute atomic E-state index is 11.1. The Morgan fingerprint density at radius 2 is 1.83 bits per heavy atom. The molecule has 0 heterocycles. The van der Waals surface area contributed by atoms with Gasteiger partial charge in [0.25, 0.3) is 0 Å². The van der Waals surface area contributed by atoms with Crippen LogP contribution < -0.4 is 14.9 Å². The predicted molar refractivity (Wildman–Crippen MR) is 121 cm³/mol. The van der Waals surface area contributed by atoms with Crippen molar-refractivity contribution in [2.75, 3.05) is 12.0 Å². The van der Waals surface area contributed by atoms with Gasteiger partial charge in [0.15, 0.2) is 11.5 Å². The average molecular weight is 469 g/mol. The van der Waals surface area contributed by atoms with Crippen LogP contribution in [0.25, 0.3) is 0 Å². The van der Waals surface area contributed by atoms with E-state index in [-0.39, 0.29) is 5.56 Å². The van der Waals surface area contributed by atoms with Gasteiger partial charge in [-0.05, 0) is 58.7 Å². The van der Waals surface area contributed by atoms with Crippen LogP contribution in [0.15, 0.2) is 76.3 Å². The molecule has 0 saturated carbocycles. The van der Waals surface area contributed by atoms with Gasteiger partial charge in [-0.25, -0.2) is 4.79 Å². The van der Waals surface area contributed by atoms with Gasteiger partial charge >= 0.3 is 5.97 Å². The van der Waals surface area contributed by atoms with E-state index in [9.17, 15) is 4.79 Å². The predicted octanol–water partition coefficient (Wildman–Crippen LogP) is 5.57. The number of rotatable bonds is 9. The molecule has 30 heavy (non-hydrogen) atoms. The molecule has 3 rings (SSSR count). The molecule has 3 aromatic carbocycles. The normalized spacial score (nSPS) is 10.7. The summed E-state index contributed by atoms with van der Waals surface area (Å²) in [5.74, 6) is 0.260. The number of nitrogens with zero attached hydrogens (tertiary/aromatic N) is 1. The van der Waals surface area contributed by atoms with Gasteiger partial charge in [0, 0.05) is 10.0 Å². The van der Waals surface area contributed by atoms with Crippen molar-refractivity contribution < 1.29 is 19.4 Å². The van der Waals surface area contributed by atoms with Crippen LogP contribution in [0.3, 0.4) is 0 Å². The lowest BCUT2D eigenvalue weighted by atomic mass is 10.2. The summed E-state index contributed by atoms with van der Waals surface area (Å²) >= 11 is 3.54. The molecule has 7 heteroatoms. The van der Waals surface area contributed by atoms with Crippen LogP contribution in [0.5, 0.6) is 11.5 Å². The van der Waals surface area contributed by atoms with Crippen LogP contribution in [-0.4, -0.2) is 23.9 Å². The maximum Gasteiger partial charge on any atom is 0.335 e. The number of anilines is 1. The van der Waals surface area contributed by atoms with Crippen molar-refractivity contribution in [3.63, 3.8) is 0 Å². The van der Waals surface area contributed by atoms with Crippen molar-refractivity contribution in [1.29, 1.82) is 0 Å². The molecule has 0 saturated heterocycles. The maximum atomic E-state index is 11.1. The topological polar surface area (TPSA) is 80.2 Å². The van der Waals surface area contributed by atoms with Gasteiger partial charge < -0.3 is 14.6 Å². The van der Waals surface area contributed by atoms with Crippen LogP contribution in [-0.2, 0) is 6.61 Å². The number of hydrogen-bond acceptors (Lipinski definition) is 5. The van der Waals surface area contributed by atoms with E-state index in [2.05, 4.69) is 26.5 Å². The Kier molecular flexibility index (Phi) is 7.45. The number of carbonyl (C=O) groups is 1. The fraction of sp³-hybridized carbons (Fsp3) is 0.130. The van der Waals surface area contributed by atoms with Crippen LogP contribution in [0.4, 0.5) is 5.69 Å². The van der Waals surface area contributed by atoms with Crippen molar-refractivity contribution in [3.8, 4) is 11.5 Å². The van der Waals surface area contributed by atoms with E-state index in [0.29, 0.717) is 30.4 Å². The standard InChI is InChI=1S/C23H21BrN2O4/c1-2-29-21-12-18(14-25-26-19-10-6-9-17(11-19)23(27)28)20(24)13-22(21)30-15-16-7-4-3-5-8-16/h3-14,26H,2,15H2,1H3,(H,27,28)/b25-14+. The second kappa shape index (κ2) is 10.5. The molecule has 0 radical (unpaired) electrons. The number of halogens is 1. The van der Waals surface area contributed by atoms with E-state index in [1.54, 1.807) is 18.3 Å². The first-order chi connectivity index (χ1) is 14.6. The number of carboxylic acids is 1. The van der Waals surface area contributed by atoms with Gasteiger partial charge in [0.2, 0.25) is 0 Å². The summed E-state index contributed by atoms with van der Waals surface area (Å²) in [6.45, 7) is 2.84. The molecular formula is C23H21BrN2O4. The Labute approximate surface area is 183 Å². The summed E-state index contributed by atoms with van der Waals surface area (Å²) < 4.78 is 12.5. The van der Waals surface area contributed by atoms with Crippen molar-refractivity contribution in [1.82, 2.24) is 0 Å². The minimum atomic E-state index is -0.988. The molecule has 6 nitrogen and oxygen atoms in total. The number of aromatic carboxylic acids is 1. The summed E-state index contributed by atoms with van der Waals surface area (Å²) in [6.07, 6.45) is 1.63. The molecule has 0 bridgehead atoms. The Hall–Kier alpha value is -3.32. The van der Waals surface area contributed by atoms with Crippen LogP contribution in [0.2, 0.25) is 0 Å². The fourth-order valence-corrected chi connectivity index (χ4v) is 3.09. The third-order valence-corrected chi connectivity index (χ3v) is 4.79. The van der Waals surface area contributed by atoms with E-state index < -0.39 is 5.97 Å². The molecule has 2 N–H and O–H groups in total. The molecule has 154 valence electrons. The first kappa shape index (κ1) is 21.4. The van der Waals surface area contributed by atoms with Crippen LogP contribution >= 0.6 is 15.9 Å². The fourth-order valence-electron chi connectivity index (χ4n) is 2.66. The van der Waals surface area contributed by atoms with Crippen molar-refractivity contribution in [2.45, 2.75) is 13.5 Å². The highest BCUT2D eigenvalue weighted by Crippen LogP contribution is 2.34. The summed E-state index contributed by atoms with van der Waals surface area (Å²) in [5.41, 5.74) is 5.46. The number of hydrazone groups is 1. The van der Waals surface area contributed by atoms with Gasteiger partial charge in [0.05, 0.1) is 24.1 Å². The molecule has 0 aromatic heterocycles. The second-order valence-corrected chi connectivity index (χ2v) is 7.14. The molecular weight excluding hydrogens is 448 g/mol. The number of carboxylic acid groups (broad SMARTS) is 1. The van der Waals surface area contributed by atoms with E-state index in [1.807, 2.05) is 49.4 Å². The highest BCUT2D eigenvalue weighted by atomic mass is 79.9. The Morgan fingerprint density at radius 3 is 2.57 bits per heavy atom. The Morgan fingerprint density at radius 1 is 1.07 bits per heavy atom. The van der Waals surface area contributed by atoms with Crippen molar-refractivity contribution in [2.24, 2.45) is 5.10 Å². The van der Waals surface area contributed by atoms with Gasteiger partial charge in [0.1, 0.15) is 6.61 Å². The van der Waals surface area contributed by atoms with Crippen LogP contribution in [0, 0.1) is 0 Å². The zero-order valence-corrected chi connectivity index (χ0v) is 17.9. The molecule has 0 aliphatic rings. The zero-order valence-electron chi connectivity index (χ0n) is 16.3. The molecule has 0 atom stereocenters. The van der Waals surface area contributed by atoms with Gasteiger partial charge in [-0.1, -0.05) is 36.4 Å². The summed E-state index contributed by atoms with van der Waals surface area (Å²) in [5, 5.41) is 13.3. The van der Waals surface area contributed by atoms with E-state index in [4.69, 9.17) is 14.6 Å². The Balaban J connectivity index is 1.74. The zero-order chi connectivity index (χ0) is 21.3. The first-order valence-corrected chi connectivity index (χ1v) is 10.1. The van der Waals surface area contributed by atoms with Gasteiger partial charge in [-0.2, -0.15) is 5.10 Å². The average Bonchev–Trinajstić information content (AvgIpc) is 2.75. The number of hydrogen-bond donors (Lipinski definition) is 2. The molecule has 0 fully saturated rings. The molecule has 0 unspecified atom stereocenters. The van der Waals surface area contributed by atoms with Crippen molar-refractivity contribution in [3.05, 3.63) is 87.9 Å². The number of benzene rings is 3. The second-order valence-electron chi connectivity index (χ2n) is 6.28. The first-order valence-electron chi connectivity index (χ1n) is 9.32. The SMILES string of the molecule is CCOc1cc(/C=N/Nc2cccc(C(=O)O)c2)c(Br)cc1OCc1ccccc1. The third-order valence-electron chi connectivity index (χ3n) is 4.11. The lowest BCUT2D eigenvalue weighted by Gasteiger charge is -2.14. The van der Waals surface area contributed by atoms with Gasteiger partial charge in [-0.15, -0.1) is 0 Å². The lowest BCUT2D eigenvalue weighted by Crippen LogP contribution is -2.01. The molecule has 3 aromatic rings. The summed E-state index contributed by atoms with van der Waals surface area (Å²) in [7, 11) is 0. The van der Waals surface area contributed by atoms with E-state index in [1.165, 1.54) is 12.1 Å². The summed E-state index contributed by atoms with van der Waals surface area (Å²) in [6, 6.07) is 20.0. The molecule has 0 aliphatic carbocycles. The quantitative estimate of drug-likeness (QED) is 0.316. The molecule has 0 spiro atoms. The highest BCUT2D eigenvalue weighted by molar-refractivity contribution is 9.10. The molecule has 0 aliphatic heterocycles. The smallest absolute Gasteiger partial charge is 0.335 e. The molecule has 0 amide bonds. The minimum absolute atomic E-state index is 0.190. The minimum Gasteiger partial charge on any atom is -0.490 e. The van der Waals surface area contributed by atoms with E-state index in [0.717, 1.165) is 15.6 Å². The third kappa shape index (κ3) is 5.84. The summed E-state index contributed by atoms with van der Waals surface area (Å²) in [4.78, 5) is 11.1. The van der Waals surface area contributed by atoms with E-state index >= 15 is 0 Å². The lowest BCUT2D eigenvalue weighted by molar-refractivity contribution is 0.0697. The monoisotopic (exact) mass is 468 g/mol. The van der Waals surface area contributed by atoms with Gasteiger partial charge in [-0.3, -0.25) is 5.43 Å². The Bertz CT molecular complexity index is 1040. The van der Waals surface area contributed by atoms with Crippen molar-refractivity contribution >= 4 is 33.8 Å². The highest BCUT2D eigenvalue weighted by Gasteiger charge is 2.10. The van der Waals surface area contributed by atoms with Crippen LogP contribution in [0.1, 0.15) is 28.4 Å². The number of nitrogens with one attached hydrogen (secondary N) is 1. The largest absolute Gasteiger partial charge is 0.490 e. The number of ether oxygens (including phenoxy) is 2.